The van der Waals surface area contributed by atoms with Gasteiger partial charge in [0.1, 0.15) is 0 Å². The number of hydrogen-bond acceptors (Lipinski definition) is 3. The highest BCUT2D eigenvalue weighted by Gasteiger charge is 2.36. The van der Waals surface area contributed by atoms with Crippen molar-refractivity contribution in [2.24, 2.45) is 17.6 Å². The average Bonchev–Trinajstić information content (AvgIpc) is 2.88. The number of carbonyl (C=O) groups excluding carboxylic acids is 1. The Labute approximate surface area is 111 Å². The number of amides is 1. The van der Waals surface area contributed by atoms with E-state index < -0.39 is 5.91 Å². The maximum Gasteiger partial charge on any atom is 0.250 e. The Bertz CT molecular complexity index is 479. The molecule has 96 valence electrons. The molecule has 5 heteroatoms. The van der Waals surface area contributed by atoms with Gasteiger partial charge < -0.3 is 16.0 Å². The monoisotopic (exact) mass is 265 g/mol. The molecule has 0 spiro atoms. The highest BCUT2D eigenvalue weighted by Crippen LogP contribution is 2.33. The van der Waals surface area contributed by atoms with E-state index in [-0.39, 0.29) is 0 Å². The van der Waals surface area contributed by atoms with Crippen molar-refractivity contribution < 1.29 is 4.79 Å². The molecule has 2 atom stereocenters. The number of primary amides is 1. The zero-order valence-electron chi connectivity index (χ0n) is 10.0. The van der Waals surface area contributed by atoms with E-state index in [0.29, 0.717) is 22.4 Å². The predicted octanol–water partition coefficient (Wildman–Crippen LogP) is 1.09. The van der Waals surface area contributed by atoms with E-state index in [0.717, 1.165) is 31.9 Å². The molecule has 1 aromatic rings. The van der Waals surface area contributed by atoms with Crippen LogP contribution in [-0.4, -0.2) is 32.1 Å². The highest BCUT2D eigenvalue weighted by molar-refractivity contribution is 6.31. The van der Waals surface area contributed by atoms with Crippen LogP contribution in [0, 0.1) is 11.8 Å². The number of nitrogens with zero attached hydrogens (tertiary/aromatic N) is 1. The first-order valence-electron chi connectivity index (χ1n) is 6.20. The van der Waals surface area contributed by atoms with Gasteiger partial charge in [-0.25, -0.2) is 0 Å². The molecule has 18 heavy (non-hydrogen) atoms. The van der Waals surface area contributed by atoms with Crippen LogP contribution in [-0.2, 0) is 0 Å². The van der Waals surface area contributed by atoms with E-state index in [1.54, 1.807) is 6.07 Å². The quantitative estimate of drug-likeness (QED) is 0.842. The molecule has 1 amide bonds. The summed E-state index contributed by atoms with van der Waals surface area (Å²) in [5.41, 5.74) is 6.87. The van der Waals surface area contributed by atoms with Gasteiger partial charge in [-0.2, -0.15) is 0 Å². The second kappa shape index (κ2) is 4.44. The Morgan fingerprint density at radius 1 is 1.33 bits per heavy atom. The van der Waals surface area contributed by atoms with Crippen LogP contribution in [0.5, 0.6) is 0 Å². The van der Waals surface area contributed by atoms with Gasteiger partial charge in [0.05, 0.1) is 5.56 Å². The molecule has 3 N–H and O–H groups in total. The second-order valence-electron chi connectivity index (χ2n) is 5.11. The lowest BCUT2D eigenvalue weighted by molar-refractivity contribution is 0.100. The van der Waals surface area contributed by atoms with Gasteiger partial charge in [-0.15, -0.1) is 0 Å². The fourth-order valence-corrected chi connectivity index (χ4v) is 3.21. The van der Waals surface area contributed by atoms with E-state index in [1.807, 2.05) is 12.1 Å². The molecule has 0 bridgehead atoms. The van der Waals surface area contributed by atoms with Gasteiger partial charge in [0, 0.05) is 36.9 Å². The van der Waals surface area contributed by atoms with Crippen molar-refractivity contribution >= 4 is 23.2 Å². The number of fused-ring (bicyclic) bond motifs is 1. The van der Waals surface area contributed by atoms with Crippen molar-refractivity contribution in [2.45, 2.75) is 0 Å². The topological polar surface area (TPSA) is 58.4 Å². The number of nitrogens with one attached hydrogen (secondary N) is 1. The lowest BCUT2D eigenvalue weighted by atomic mass is 10.0. The molecule has 2 aliphatic rings. The molecule has 2 saturated heterocycles. The molecule has 0 radical (unpaired) electrons. The third-order valence-corrected chi connectivity index (χ3v) is 4.19. The van der Waals surface area contributed by atoms with Gasteiger partial charge in [-0.3, -0.25) is 4.79 Å². The van der Waals surface area contributed by atoms with E-state index in [2.05, 4.69) is 10.2 Å². The van der Waals surface area contributed by atoms with Crippen molar-refractivity contribution in [3.05, 3.63) is 28.8 Å². The van der Waals surface area contributed by atoms with Crippen molar-refractivity contribution in [2.75, 3.05) is 31.1 Å². The minimum atomic E-state index is -0.414. The molecule has 2 unspecified atom stereocenters. The largest absolute Gasteiger partial charge is 0.370 e. The van der Waals surface area contributed by atoms with Gasteiger partial charge in [0.2, 0.25) is 0 Å². The molecule has 1 aromatic carbocycles. The number of nitrogens with two attached hydrogens (primary N) is 1. The van der Waals surface area contributed by atoms with Crippen LogP contribution < -0.4 is 16.0 Å². The summed E-state index contributed by atoms with van der Waals surface area (Å²) in [6, 6.07) is 5.37. The summed E-state index contributed by atoms with van der Waals surface area (Å²) in [7, 11) is 0. The zero-order chi connectivity index (χ0) is 12.7. The molecule has 4 nitrogen and oxygen atoms in total. The van der Waals surface area contributed by atoms with Crippen LogP contribution in [0.3, 0.4) is 0 Å². The van der Waals surface area contributed by atoms with Gasteiger partial charge in [-0.1, -0.05) is 11.6 Å². The minimum Gasteiger partial charge on any atom is -0.370 e. The van der Waals surface area contributed by atoms with Gasteiger partial charge >= 0.3 is 0 Å². The van der Waals surface area contributed by atoms with Crippen LogP contribution in [0.15, 0.2) is 18.2 Å². The van der Waals surface area contributed by atoms with Crippen LogP contribution in [0.2, 0.25) is 5.02 Å². The number of rotatable bonds is 2. The zero-order valence-corrected chi connectivity index (χ0v) is 10.8. The Morgan fingerprint density at radius 2 is 2.00 bits per heavy atom. The summed E-state index contributed by atoms with van der Waals surface area (Å²) in [5.74, 6) is 0.950. The molecule has 2 heterocycles. The smallest absolute Gasteiger partial charge is 0.250 e. The third kappa shape index (κ3) is 1.95. The first-order valence-corrected chi connectivity index (χ1v) is 6.58. The van der Waals surface area contributed by atoms with Crippen molar-refractivity contribution in [3.63, 3.8) is 0 Å². The van der Waals surface area contributed by atoms with E-state index in [9.17, 15) is 4.79 Å². The number of benzene rings is 1. The molecule has 0 saturated carbocycles. The maximum atomic E-state index is 11.5. The van der Waals surface area contributed by atoms with Gasteiger partial charge in [0.15, 0.2) is 0 Å². The Balaban J connectivity index is 1.90. The molecule has 0 aromatic heterocycles. The summed E-state index contributed by atoms with van der Waals surface area (Å²) in [4.78, 5) is 13.8. The lowest BCUT2D eigenvalue weighted by Crippen LogP contribution is -2.27. The normalized spacial score (nSPS) is 26.4. The minimum absolute atomic E-state index is 0.414. The second-order valence-corrected chi connectivity index (χ2v) is 5.55. The van der Waals surface area contributed by atoms with Crippen LogP contribution in [0.4, 0.5) is 5.69 Å². The third-order valence-electron chi connectivity index (χ3n) is 3.95. The predicted molar refractivity (Wildman–Crippen MR) is 72.0 cm³/mol. The van der Waals surface area contributed by atoms with Gasteiger partial charge in [-0.05, 0) is 30.0 Å². The van der Waals surface area contributed by atoms with E-state index in [4.69, 9.17) is 17.3 Å². The summed E-state index contributed by atoms with van der Waals surface area (Å²) in [6.45, 7) is 4.11. The SMILES string of the molecule is NC(=O)c1cc(Cl)ccc1N1CC2CNCC2C1. The summed E-state index contributed by atoms with van der Waals surface area (Å²) in [5, 5.41) is 3.95. The molecular formula is C13H16ClN3O. The average molecular weight is 266 g/mol. The van der Waals surface area contributed by atoms with Gasteiger partial charge in [0.25, 0.3) is 5.91 Å². The first-order chi connectivity index (χ1) is 8.65. The standard InChI is InChI=1S/C13H16ClN3O/c14-10-1-2-12(11(3-10)13(15)18)17-6-8-4-16-5-9(8)7-17/h1-3,8-9,16H,4-7H2,(H2,15,18). The molecular weight excluding hydrogens is 250 g/mol. The Kier molecular flexibility index (Phi) is 2.92. The highest BCUT2D eigenvalue weighted by atomic mass is 35.5. The molecule has 3 rings (SSSR count). The van der Waals surface area contributed by atoms with Crippen molar-refractivity contribution in [1.82, 2.24) is 5.32 Å². The number of carbonyl (C=O) groups is 1. The van der Waals surface area contributed by atoms with E-state index >= 15 is 0 Å². The number of anilines is 1. The lowest BCUT2D eigenvalue weighted by Gasteiger charge is -2.22. The number of halogens is 1. The molecule has 2 aliphatic heterocycles. The Morgan fingerprint density at radius 3 is 2.61 bits per heavy atom. The van der Waals surface area contributed by atoms with Crippen LogP contribution in [0.1, 0.15) is 10.4 Å². The first kappa shape index (κ1) is 11.8. The number of hydrogen-bond donors (Lipinski definition) is 2. The molecule has 0 aliphatic carbocycles. The summed E-state index contributed by atoms with van der Waals surface area (Å²) >= 11 is 5.93. The van der Waals surface area contributed by atoms with Crippen LogP contribution in [0.25, 0.3) is 0 Å². The Hall–Kier alpha value is -1.26. The molecule has 2 fully saturated rings. The van der Waals surface area contributed by atoms with Crippen molar-refractivity contribution in [3.8, 4) is 0 Å². The van der Waals surface area contributed by atoms with Crippen LogP contribution >= 0.6 is 11.6 Å². The fraction of sp³-hybridized carbons (Fsp3) is 0.462. The fourth-order valence-electron chi connectivity index (χ4n) is 3.03. The maximum absolute atomic E-state index is 11.5. The van der Waals surface area contributed by atoms with Crippen molar-refractivity contribution in [1.29, 1.82) is 0 Å². The van der Waals surface area contributed by atoms with E-state index in [1.165, 1.54) is 0 Å². The summed E-state index contributed by atoms with van der Waals surface area (Å²) in [6.07, 6.45) is 0. The summed E-state index contributed by atoms with van der Waals surface area (Å²) < 4.78 is 0.